The van der Waals surface area contributed by atoms with Gasteiger partial charge in [0.15, 0.2) is 5.82 Å². The van der Waals surface area contributed by atoms with Gasteiger partial charge >= 0.3 is 0 Å². The van der Waals surface area contributed by atoms with Gasteiger partial charge < -0.3 is 9.64 Å². The van der Waals surface area contributed by atoms with Crippen LogP contribution in [0.25, 0.3) is 21.6 Å². The van der Waals surface area contributed by atoms with Crippen LogP contribution in [0.2, 0.25) is 5.02 Å². The molecule has 0 bridgehead atoms. The first kappa shape index (κ1) is 15.8. The molecule has 0 aliphatic carbocycles. The number of rotatable bonds is 2. The Morgan fingerprint density at radius 2 is 1.88 bits per heavy atom. The molecule has 0 saturated carbocycles. The summed E-state index contributed by atoms with van der Waals surface area (Å²) in [7, 11) is 0. The van der Waals surface area contributed by atoms with E-state index in [1.54, 1.807) is 11.3 Å². The van der Waals surface area contributed by atoms with E-state index in [0.717, 1.165) is 34.7 Å². The Morgan fingerprint density at radius 1 is 1.12 bits per heavy atom. The van der Waals surface area contributed by atoms with Crippen LogP contribution >= 0.6 is 22.9 Å². The lowest BCUT2D eigenvalue weighted by Crippen LogP contribution is -2.46. The molecule has 124 valence electrons. The molecular weight excluding hydrogens is 342 g/mol. The van der Waals surface area contributed by atoms with Crippen molar-refractivity contribution in [3.05, 3.63) is 40.7 Å². The normalized spacial score (nSPS) is 21.4. The van der Waals surface area contributed by atoms with Crippen molar-refractivity contribution in [3.8, 4) is 10.7 Å². The molecule has 0 amide bonds. The molecule has 1 saturated heterocycles. The zero-order chi connectivity index (χ0) is 16.7. The minimum Gasteiger partial charge on any atom is -0.372 e. The number of fused-ring (bicyclic) bond motifs is 1. The summed E-state index contributed by atoms with van der Waals surface area (Å²) in [5, 5.41) is 3.73. The third-order valence-corrected chi connectivity index (χ3v) is 5.46. The summed E-state index contributed by atoms with van der Waals surface area (Å²) in [5.41, 5.74) is 0.939. The number of nitrogens with zero attached hydrogens (tertiary/aromatic N) is 3. The Kier molecular flexibility index (Phi) is 4.16. The number of aromatic nitrogens is 2. The quantitative estimate of drug-likeness (QED) is 0.668. The van der Waals surface area contributed by atoms with Gasteiger partial charge in [0.25, 0.3) is 0 Å². The van der Waals surface area contributed by atoms with Gasteiger partial charge in [0, 0.05) is 18.5 Å². The summed E-state index contributed by atoms with van der Waals surface area (Å²) in [6, 6.07) is 10.0. The second-order valence-corrected chi connectivity index (χ2v) is 7.47. The average molecular weight is 360 g/mol. The number of anilines is 1. The van der Waals surface area contributed by atoms with Crippen molar-refractivity contribution in [1.29, 1.82) is 0 Å². The highest BCUT2D eigenvalue weighted by Gasteiger charge is 2.25. The zero-order valence-corrected chi connectivity index (χ0v) is 15.1. The summed E-state index contributed by atoms with van der Waals surface area (Å²) < 4.78 is 5.87. The second kappa shape index (κ2) is 6.31. The summed E-state index contributed by atoms with van der Waals surface area (Å²) in [5.74, 6) is 1.65. The van der Waals surface area contributed by atoms with E-state index in [4.69, 9.17) is 26.3 Å². The number of benzene rings is 1. The number of hydrogen-bond acceptors (Lipinski definition) is 5. The summed E-state index contributed by atoms with van der Waals surface area (Å²) in [6.07, 6.45) is 0.354. The van der Waals surface area contributed by atoms with Gasteiger partial charge in [0.05, 0.1) is 27.6 Å². The third kappa shape index (κ3) is 2.88. The molecule has 1 fully saturated rings. The molecule has 0 radical (unpaired) electrons. The molecule has 3 aromatic rings. The monoisotopic (exact) mass is 359 g/mol. The van der Waals surface area contributed by atoms with Crippen molar-refractivity contribution in [1.82, 2.24) is 9.97 Å². The number of halogens is 1. The fraction of sp³-hybridized carbons (Fsp3) is 0.333. The standard InChI is InChI=1S/C18H18ClN3OS/c1-11-9-22(10-12(2)23-11)18-13-5-3-4-6-15(13)20-17(21-18)16-14(19)7-8-24-16/h3-8,11-12H,9-10H2,1-2H3. The molecule has 6 heteroatoms. The van der Waals surface area contributed by atoms with Crippen LogP contribution in [0.4, 0.5) is 5.82 Å². The largest absolute Gasteiger partial charge is 0.372 e. The van der Waals surface area contributed by atoms with Crippen molar-refractivity contribution >= 4 is 39.7 Å². The van der Waals surface area contributed by atoms with Gasteiger partial charge in [0.2, 0.25) is 0 Å². The molecule has 1 aromatic carbocycles. The van der Waals surface area contributed by atoms with E-state index in [0.29, 0.717) is 10.8 Å². The van der Waals surface area contributed by atoms with Crippen molar-refractivity contribution < 1.29 is 4.74 Å². The van der Waals surface area contributed by atoms with Crippen molar-refractivity contribution in [3.63, 3.8) is 0 Å². The first-order valence-electron chi connectivity index (χ1n) is 8.02. The van der Waals surface area contributed by atoms with Crippen LogP contribution in [0, 0.1) is 0 Å². The SMILES string of the molecule is CC1CN(c2nc(-c3sccc3Cl)nc3ccccc23)CC(C)O1. The Balaban J connectivity index is 1.88. The first-order valence-corrected chi connectivity index (χ1v) is 9.28. The summed E-state index contributed by atoms with van der Waals surface area (Å²) in [4.78, 5) is 12.8. The topological polar surface area (TPSA) is 38.2 Å². The van der Waals surface area contributed by atoms with E-state index in [1.807, 2.05) is 29.6 Å². The number of thiophene rings is 1. The van der Waals surface area contributed by atoms with E-state index in [1.165, 1.54) is 0 Å². The number of hydrogen-bond donors (Lipinski definition) is 0. The van der Waals surface area contributed by atoms with Gasteiger partial charge in [-0.15, -0.1) is 11.3 Å². The predicted octanol–water partition coefficient (Wildman–Crippen LogP) is 4.63. The van der Waals surface area contributed by atoms with E-state index >= 15 is 0 Å². The van der Waals surface area contributed by atoms with Crippen LogP contribution < -0.4 is 4.90 Å². The Morgan fingerprint density at radius 3 is 2.58 bits per heavy atom. The number of morpholine rings is 1. The minimum absolute atomic E-state index is 0.177. The van der Waals surface area contributed by atoms with Gasteiger partial charge in [-0.2, -0.15) is 0 Å². The molecule has 24 heavy (non-hydrogen) atoms. The van der Waals surface area contributed by atoms with E-state index < -0.39 is 0 Å². The van der Waals surface area contributed by atoms with Gasteiger partial charge in [-0.25, -0.2) is 9.97 Å². The van der Waals surface area contributed by atoms with Crippen LogP contribution in [0.1, 0.15) is 13.8 Å². The molecule has 4 rings (SSSR count). The molecule has 2 aromatic heterocycles. The molecule has 0 spiro atoms. The molecule has 1 aliphatic rings. The fourth-order valence-corrected chi connectivity index (χ4v) is 4.28. The maximum Gasteiger partial charge on any atom is 0.173 e. The van der Waals surface area contributed by atoms with Crippen LogP contribution in [-0.4, -0.2) is 35.3 Å². The lowest BCUT2D eigenvalue weighted by Gasteiger charge is -2.36. The van der Waals surface area contributed by atoms with Crippen molar-refractivity contribution in [2.45, 2.75) is 26.1 Å². The first-order chi connectivity index (χ1) is 11.6. The van der Waals surface area contributed by atoms with Crippen LogP contribution in [0.5, 0.6) is 0 Å². The number of para-hydroxylation sites is 1. The van der Waals surface area contributed by atoms with Gasteiger partial charge in [-0.3, -0.25) is 0 Å². The highest BCUT2D eigenvalue weighted by atomic mass is 35.5. The van der Waals surface area contributed by atoms with Crippen molar-refractivity contribution in [2.24, 2.45) is 0 Å². The van der Waals surface area contributed by atoms with Crippen molar-refractivity contribution in [2.75, 3.05) is 18.0 Å². The molecule has 0 N–H and O–H groups in total. The van der Waals surface area contributed by atoms with E-state index in [-0.39, 0.29) is 12.2 Å². The Labute approximate surface area is 150 Å². The third-order valence-electron chi connectivity index (χ3n) is 4.12. The lowest BCUT2D eigenvalue weighted by molar-refractivity contribution is -0.00536. The Hall–Kier alpha value is -1.69. The summed E-state index contributed by atoms with van der Waals surface area (Å²) in [6.45, 7) is 5.85. The van der Waals surface area contributed by atoms with Gasteiger partial charge in [0.1, 0.15) is 5.82 Å². The zero-order valence-electron chi connectivity index (χ0n) is 13.6. The molecule has 3 heterocycles. The highest BCUT2D eigenvalue weighted by Crippen LogP contribution is 2.35. The maximum absolute atomic E-state index is 6.31. The molecule has 2 atom stereocenters. The van der Waals surface area contributed by atoms with Crippen LogP contribution in [0.15, 0.2) is 35.7 Å². The summed E-state index contributed by atoms with van der Waals surface area (Å²) >= 11 is 7.87. The molecular formula is C18H18ClN3OS. The van der Waals surface area contributed by atoms with Gasteiger partial charge in [-0.1, -0.05) is 23.7 Å². The maximum atomic E-state index is 6.31. The smallest absolute Gasteiger partial charge is 0.173 e. The average Bonchev–Trinajstić information content (AvgIpc) is 2.99. The molecule has 4 nitrogen and oxygen atoms in total. The second-order valence-electron chi connectivity index (χ2n) is 6.15. The van der Waals surface area contributed by atoms with Crippen LogP contribution in [-0.2, 0) is 4.74 Å². The molecule has 2 unspecified atom stereocenters. The van der Waals surface area contributed by atoms with Crippen LogP contribution in [0.3, 0.4) is 0 Å². The minimum atomic E-state index is 0.177. The van der Waals surface area contributed by atoms with E-state index in [9.17, 15) is 0 Å². The molecule has 1 aliphatic heterocycles. The highest BCUT2D eigenvalue weighted by molar-refractivity contribution is 7.14. The Bertz CT molecular complexity index is 872. The van der Waals surface area contributed by atoms with Gasteiger partial charge in [-0.05, 0) is 37.4 Å². The number of ether oxygens (including phenoxy) is 1. The predicted molar refractivity (Wildman–Crippen MR) is 100 cm³/mol. The van der Waals surface area contributed by atoms with E-state index in [2.05, 4.69) is 24.8 Å². The lowest BCUT2D eigenvalue weighted by atomic mass is 10.1. The fourth-order valence-electron chi connectivity index (χ4n) is 3.21.